The predicted octanol–water partition coefficient (Wildman–Crippen LogP) is 5.35. The number of pyridine rings is 1. The van der Waals surface area contributed by atoms with Gasteiger partial charge in [0.2, 0.25) is 0 Å². The summed E-state index contributed by atoms with van der Waals surface area (Å²) in [5.41, 5.74) is 4.74. The van der Waals surface area contributed by atoms with Crippen molar-refractivity contribution in [2.24, 2.45) is 0 Å². The fourth-order valence-corrected chi connectivity index (χ4v) is 4.67. The lowest BCUT2D eigenvalue weighted by Crippen LogP contribution is -2.05. The second-order valence-corrected chi connectivity index (χ2v) is 8.32. The molecule has 4 aromatic rings. The van der Waals surface area contributed by atoms with Crippen LogP contribution in [0.4, 0.5) is 0 Å². The molecule has 0 atom stereocenters. The van der Waals surface area contributed by atoms with Gasteiger partial charge in [-0.15, -0.1) is 22.7 Å². The summed E-state index contributed by atoms with van der Waals surface area (Å²) in [6.45, 7) is 4.56. The van der Waals surface area contributed by atoms with Crippen LogP contribution in [0.15, 0.2) is 47.3 Å². The van der Waals surface area contributed by atoms with Gasteiger partial charge in [0.05, 0.1) is 23.5 Å². The van der Waals surface area contributed by atoms with Gasteiger partial charge in [-0.1, -0.05) is 13.0 Å². The van der Waals surface area contributed by atoms with Crippen LogP contribution < -0.4 is 0 Å². The molecule has 142 valence electrons. The molecule has 0 fully saturated rings. The maximum Gasteiger partial charge on any atom is 0.337 e. The number of aromatic nitrogens is 3. The summed E-state index contributed by atoms with van der Waals surface area (Å²) in [6.07, 6.45) is 2.68. The largest absolute Gasteiger partial charge is 0.478 e. The van der Waals surface area contributed by atoms with Gasteiger partial charge in [-0.05, 0) is 43.0 Å². The molecule has 0 amide bonds. The number of thiophene rings is 1. The Morgan fingerprint density at radius 3 is 2.82 bits per heavy atom. The molecule has 0 spiro atoms. The molecule has 4 aromatic heterocycles. The van der Waals surface area contributed by atoms with Crippen LogP contribution in [0.2, 0.25) is 0 Å². The molecule has 5 nitrogen and oxygen atoms in total. The third-order valence-electron chi connectivity index (χ3n) is 4.68. The minimum Gasteiger partial charge on any atom is -0.478 e. The van der Waals surface area contributed by atoms with E-state index in [1.807, 2.05) is 34.4 Å². The number of rotatable bonds is 6. The number of carbonyl (C=O) groups is 1. The molecule has 28 heavy (non-hydrogen) atoms. The average Bonchev–Trinajstić information content (AvgIpc) is 3.44. The van der Waals surface area contributed by atoms with Gasteiger partial charge in [0, 0.05) is 33.4 Å². The Labute approximate surface area is 171 Å². The maximum atomic E-state index is 11.7. The molecule has 4 rings (SSSR count). The van der Waals surface area contributed by atoms with E-state index >= 15 is 0 Å². The van der Waals surface area contributed by atoms with Crippen LogP contribution in [0.25, 0.3) is 22.0 Å². The molecule has 7 heteroatoms. The SMILES string of the molecule is CCc1cc(-c2nc(-c3cc(C(=O)O)c(C)n3Cc3cccs3)cs2)ccn1. The third-order valence-corrected chi connectivity index (χ3v) is 6.44. The van der Waals surface area contributed by atoms with Gasteiger partial charge in [-0.25, -0.2) is 9.78 Å². The number of carboxylic acid groups (broad SMARTS) is 1. The van der Waals surface area contributed by atoms with Crippen molar-refractivity contribution in [3.63, 3.8) is 0 Å². The van der Waals surface area contributed by atoms with E-state index < -0.39 is 5.97 Å². The molecule has 0 aliphatic rings. The average molecular weight is 410 g/mol. The standard InChI is InChI=1S/C21H19N3O2S2/c1-3-15-9-14(6-7-22-15)20-23-18(12-28-20)19-10-17(21(25)26)13(2)24(19)11-16-5-4-8-27-16/h4-10,12H,3,11H2,1-2H3,(H,25,26). The lowest BCUT2D eigenvalue weighted by atomic mass is 10.2. The van der Waals surface area contributed by atoms with E-state index in [2.05, 4.69) is 24.0 Å². The number of thiazole rings is 1. The molecule has 0 bridgehead atoms. The van der Waals surface area contributed by atoms with Gasteiger partial charge < -0.3 is 9.67 Å². The Morgan fingerprint density at radius 1 is 1.25 bits per heavy atom. The van der Waals surface area contributed by atoms with E-state index in [0.717, 1.165) is 39.8 Å². The Balaban J connectivity index is 1.77. The monoisotopic (exact) mass is 409 g/mol. The highest BCUT2D eigenvalue weighted by Gasteiger charge is 2.20. The van der Waals surface area contributed by atoms with Crippen LogP contribution in [-0.4, -0.2) is 25.6 Å². The summed E-state index contributed by atoms with van der Waals surface area (Å²) in [7, 11) is 0. The molecule has 0 unspecified atom stereocenters. The number of aryl methyl sites for hydroxylation is 1. The first-order chi connectivity index (χ1) is 13.6. The number of carboxylic acids is 1. The molecule has 1 N–H and O–H groups in total. The Kier molecular flexibility index (Phi) is 5.11. The fourth-order valence-electron chi connectivity index (χ4n) is 3.16. The molecule has 0 saturated heterocycles. The van der Waals surface area contributed by atoms with Crippen LogP contribution in [0.1, 0.15) is 33.5 Å². The summed E-state index contributed by atoms with van der Waals surface area (Å²) < 4.78 is 2.04. The van der Waals surface area contributed by atoms with Gasteiger partial charge in [-0.3, -0.25) is 4.98 Å². The van der Waals surface area contributed by atoms with Crippen LogP contribution in [0.5, 0.6) is 0 Å². The summed E-state index contributed by atoms with van der Waals surface area (Å²) in [6, 6.07) is 9.81. The second-order valence-electron chi connectivity index (χ2n) is 6.43. The third kappa shape index (κ3) is 3.50. The zero-order chi connectivity index (χ0) is 19.7. The highest BCUT2D eigenvalue weighted by molar-refractivity contribution is 7.13. The normalized spacial score (nSPS) is 11.1. The summed E-state index contributed by atoms with van der Waals surface area (Å²) in [5.74, 6) is -0.916. The van der Waals surface area contributed by atoms with Crippen molar-refractivity contribution in [1.82, 2.24) is 14.5 Å². The van der Waals surface area contributed by atoms with Gasteiger partial charge in [-0.2, -0.15) is 0 Å². The van der Waals surface area contributed by atoms with Crippen molar-refractivity contribution < 1.29 is 9.90 Å². The number of hydrogen-bond donors (Lipinski definition) is 1. The lowest BCUT2D eigenvalue weighted by Gasteiger charge is -2.09. The summed E-state index contributed by atoms with van der Waals surface area (Å²) in [4.78, 5) is 22.0. The molecule has 4 heterocycles. The maximum absolute atomic E-state index is 11.7. The van der Waals surface area contributed by atoms with Gasteiger partial charge in [0.15, 0.2) is 0 Å². The highest BCUT2D eigenvalue weighted by atomic mass is 32.1. The minimum atomic E-state index is -0.916. The Bertz CT molecular complexity index is 1130. The molecule has 0 aromatic carbocycles. The highest BCUT2D eigenvalue weighted by Crippen LogP contribution is 2.32. The Hall–Kier alpha value is -2.77. The molecule has 0 radical (unpaired) electrons. The lowest BCUT2D eigenvalue weighted by molar-refractivity contribution is 0.0696. The second kappa shape index (κ2) is 7.69. The molecular formula is C21H19N3O2S2. The molecule has 0 aliphatic heterocycles. The van der Waals surface area contributed by atoms with Crippen molar-refractivity contribution in [2.75, 3.05) is 0 Å². The number of aromatic carboxylic acids is 1. The van der Waals surface area contributed by atoms with Gasteiger partial charge >= 0.3 is 5.97 Å². The van der Waals surface area contributed by atoms with Crippen molar-refractivity contribution in [3.05, 3.63) is 69.1 Å². The molecule has 0 saturated carbocycles. The first-order valence-electron chi connectivity index (χ1n) is 8.93. The van der Waals surface area contributed by atoms with Crippen LogP contribution >= 0.6 is 22.7 Å². The van der Waals surface area contributed by atoms with E-state index in [4.69, 9.17) is 4.98 Å². The van der Waals surface area contributed by atoms with E-state index in [-0.39, 0.29) is 0 Å². The van der Waals surface area contributed by atoms with Crippen molar-refractivity contribution in [1.29, 1.82) is 0 Å². The smallest absolute Gasteiger partial charge is 0.337 e. The van der Waals surface area contributed by atoms with E-state index in [1.54, 1.807) is 34.9 Å². The van der Waals surface area contributed by atoms with Gasteiger partial charge in [0.1, 0.15) is 5.01 Å². The summed E-state index contributed by atoms with van der Waals surface area (Å²) in [5, 5.41) is 14.5. The van der Waals surface area contributed by atoms with Crippen LogP contribution in [-0.2, 0) is 13.0 Å². The minimum absolute atomic E-state index is 0.318. The van der Waals surface area contributed by atoms with E-state index in [0.29, 0.717) is 12.1 Å². The Morgan fingerprint density at radius 2 is 2.11 bits per heavy atom. The predicted molar refractivity (Wildman–Crippen MR) is 113 cm³/mol. The van der Waals surface area contributed by atoms with Crippen LogP contribution in [0.3, 0.4) is 0 Å². The van der Waals surface area contributed by atoms with E-state index in [1.165, 1.54) is 4.88 Å². The van der Waals surface area contributed by atoms with Crippen molar-refractivity contribution in [3.8, 4) is 22.0 Å². The summed E-state index contributed by atoms with van der Waals surface area (Å²) >= 11 is 3.22. The van der Waals surface area contributed by atoms with Crippen molar-refractivity contribution >= 4 is 28.6 Å². The van der Waals surface area contributed by atoms with Crippen molar-refractivity contribution in [2.45, 2.75) is 26.8 Å². The fraction of sp³-hybridized carbons (Fsp3) is 0.190. The van der Waals surface area contributed by atoms with E-state index in [9.17, 15) is 9.90 Å². The first-order valence-corrected chi connectivity index (χ1v) is 10.7. The zero-order valence-electron chi connectivity index (χ0n) is 15.5. The van der Waals surface area contributed by atoms with Gasteiger partial charge in [0.25, 0.3) is 0 Å². The zero-order valence-corrected chi connectivity index (χ0v) is 17.2. The van der Waals surface area contributed by atoms with Crippen LogP contribution in [0, 0.1) is 6.92 Å². The first kappa shape index (κ1) is 18.6. The molecule has 0 aliphatic carbocycles. The quantitative estimate of drug-likeness (QED) is 0.466. The number of nitrogens with zero attached hydrogens (tertiary/aromatic N) is 3. The topological polar surface area (TPSA) is 68.0 Å². The number of hydrogen-bond acceptors (Lipinski definition) is 5. The molecular weight excluding hydrogens is 390 g/mol.